The standard InChI is InChI=1S/C13H22N4O3S/c1-4-17(11-5-6-21(19,20)9-11)8-13(18)14-12-7-16(3)15-10(12)2/h7,11H,4-6,8-9H2,1-3H3,(H,14,18)/t11-/m0/s1. The van der Waals surface area contributed by atoms with Crippen molar-refractivity contribution in [3.63, 3.8) is 0 Å². The molecular formula is C13H22N4O3S. The first-order valence-electron chi connectivity index (χ1n) is 7.05. The summed E-state index contributed by atoms with van der Waals surface area (Å²) in [6, 6.07) is -0.0549. The minimum Gasteiger partial charge on any atom is -0.322 e. The van der Waals surface area contributed by atoms with Gasteiger partial charge in [0.05, 0.1) is 29.4 Å². The normalized spacial score (nSPS) is 20.9. The number of aryl methyl sites for hydroxylation is 2. The fourth-order valence-corrected chi connectivity index (χ4v) is 4.42. The Morgan fingerprint density at radius 1 is 1.57 bits per heavy atom. The highest BCUT2D eigenvalue weighted by atomic mass is 32.2. The van der Waals surface area contributed by atoms with Gasteiger partial charge in [-0.2, -0.15) is 5.10 Å². The van der Waals surface area contributed by atoms with Gasteiger partial charge < -0.3 is 5.32 Å². The number of carbonyl (C=O) groups excluding carboxylic acids is 1. The number of aromatic nitrogens is 2. The zero-order valence-electron chi connectivity index (χ0n) is 12.7. The third-order valence-electron chi connectivity index (χ3n) is 3.77. The van der Waals surface area contributed by atoms with E-state index in [1.54, 1.807) is 17.9 Å². The number of sulfone groups is 1. The number of likely N-dealkylation sites (N-methyl/N-ethyl adjacent to an activating group) is 1. The lowest BCUT2D eigenvalue weighted by Gasteiger charge is -2.25. The van der Waals surface area contributed by atoms with Crippen LogP contribution in [0.1, 0.15) is 19.0 Å². The molecule has 0 aromatic carbocycles. The number of hydrogen-bond acceptors (Lipinski definition) is 5. The van der Waals surface area contributed by atoms with Gasteiger partial charge in [0.25, 0.3) is 0 Å². The van der Waals surface area contributed by atoms with E-state index in [4.69, 9.17) is 0 Å². The molecule has 7 nitrogen and oxygen atoms in total. The van der Waals surface area contributed by atoms with E-state index in [1.807, 2.05) is 18.7 Å². The molecule has 1 amide bonds. The molecule has 0 aliphatic carbocycles. The van der Waals surface area contributed by atoms with Crippen molar-refractivity contribution >= 4 is 21.4 Å². The molecule has 21 heavy (non-hydrogen) atoms. The Morgan fingerprint density at radius 3 is 2.76 bits per heavy atom. The molecule has 1 aromatic heterocycles. The largest absolute Gasteiger partial charge is 0.322 e. The average molecular weight is 314 g/mol. The SMILES string of the molecule is CCN(CC(=O)Nc1cn(C)nc1C)[C@H]1CCS(=O)(=O)C1. The second-order valence-corrected chi connectivity index (χ2v) is 7.70. The van der Waals surface area contributed by atoms with Crippen molar-refractivity contribution in [2.45, 2.75) is 26.3 Å². The van der Waals surface area contributed by atoms with Gasteiger partial charge in [-0.05, 0) is 19.9 Å². The number of anilines is 1. The Morgan fingerprint density at radius 2 is 2.29 bits per heavy atom. The smallest absolute Gasteiger partial charge is 0.238 e. The fourth-order valence-electron chi connectivity index (χ4n) is 2.66. The van der Waals surface area contributed by atoms with E-state index in [-0.39, 0.29) is 30.0 Å². The van der Waals surface area contributed by atoms with Crippen molar-refractivity contribution in [3.8, 4) is 0 Å². The number of nitrogens with zero attached hydrogens (tertiary/aromatic N) is 3. The number of rotatable bonds is 5. The van der Waals surface area contributed by atoms with Crippen LogP contribution in [-0.2, 0) is 21.7 Å². The Kier molecular flexibility index (Phi) is 4.67. The van der Waals surface area contributed by atoms with Crippen molar-refractivity contribution in [1.82, 2.24) is 14.7 Å². The van der Waals surface area contributed by atoms with Crippen LogP contribution in [0, 0.1) is 6.92 Å². The fraction of sp³-hybridized carbons (Fsp3) is 0.692. The molecule has 2 heterocycles. The summed E-state index contributed by atoms with van der Waals surface area (Å²) in [6.07, 6.45) is 2.36. The van der Waals surface area contributed by atoms with Gasteiger partial charge in [0, 0.05) is 19.3 Å². The molecular weight excluding hydrogens is 292 g/mol. The summed E-state index contributed by atoms with van der Waals surface area (Å²) < 4.78 is 24.7. The highest BCUT2D eigenvalue weighted by Gasteiger charge is 2.32. The lowest BCUT2D eigenvalue weighted by Crippen LogP contribution is -2.41. The summed E-state index contributed by atoms with van der Waals surface area (Å²) in [5.74, 6) is 0.231. The zero-order chi connectivity index (χ0) is 15.6. The second-order valence-electron chi connectivity index (χ2n) is 5.47. The third-order valence-corrected chi connectivity index (χ3v) is 5.52. The van der Waals surface area contributed by atoms with E-state index in [0.717, 1.165) is 5.69 Å². The minimum absolute atomic E-state index is 0.0549. The Balaban J connectivity index is 1.96. The number of carbonyl (C=O) groups is 1. The summed E-state index contributed by atoms with van der Waals surface area (Å²) in [4.78, 5) is 14.0. The van der Waals surface area contributed by atoms with Gasteiger partial charge in [0.1, 0.15) is 0 Å². The van der Waals surface area contributed by atoms with Crippen molar-refractivity contribution < 1.29 is 13.2 Å². The topological polar surface area (TPSA) is 84.3 Å². The lowest BCUT2D eigenvalue weighted by atomic mass is 10.2. The molecule has 0 radical (unpaired) electrons. The van der Waals surface area contributed by atoms with Crippen molar-refractivity contribution in [3.05, 3.63) is 11.9 Å². The van der Waals surface area contributed by atoms with Crippen LogP contribution in [0.5, 0.6) is 0 Å². The highest BCUT2D eigenvalue weighted by Crippen LogP contribution is 2.18. The highest BCUT2D eigenvalue weighted by molar-refractivity contribution is 7.91. The molecule has 2 rings (SSSR count). The second kappa shape index (κ2) is 6.15. The van der Waals surface area contributed by atoms with Crippen molar-refractivity contribution in [2.75, 3.05) is 29.9 Å². The van der Waals surface area contributed by atoms with Gasteiger partial charge in [-0.25, -0.2) is 8.42 Å². The molecule has 1 atom stereocenters. The van der Waals surface area contributed by atoms with Crippen LogP contribution >= 0.6 is 0 Å². The van der Waals surface area contributed by atoms with Gasteiger partial charge in [-0.15, -0.1) is 0 Å². The summed E-state index contributed by atoms with van der Waals surface area (Å²) in [6.45, 7) is 4.62. The number of hydrogen-bond donors (Lipinski definition) is 1. The zero-order valence-corrected chi connectivity index (χ0v) is 13.5. The van der Waals surface area contributed by atoms with Crippen LogP contribution in [0.25, 0.3) is 0 Å². The molecule has 0 bridgehead atoms. The van der Waals surface area contributed by atoms with Gasteiger partial charge in [-0.3, -0.25) is 14.4 Å². The van der Waals surface area contributed by atoms with Crippen LogP contribution in [0.3, 0.4) is 0 Å². The van der Waals surface area contributed by atoms with E-state index < -0.39 is 9.84 Å². The maximum atomic E-state index is 12.1. The predicted octanol–water partition coefficient (Wildman–Crippen LogP) is 0.176. The summed E-state index contributed by atoms with van der Waals surface area (Å²) >= 11 is 0. The van der Waals surface area contributed by atoms with E-state index in [0.29, 0.717) is 18.7 Å². The van der Waals surface area contributed by atoms with Crippen LogP contribution < -0.4 is 5.32 Å². The molecule has 0 spiro atoms. The molecule has 1 N–H and O–H groups in total. The van der Waals surface area contributed by atoms with Gasteiger partial charge >= 0.3 is 0 Å². The Hall–Kier alpha value is -1.41. The molecule has 1 fully saturated rings. The molecule has 0 saturated carbocycles. The monoisotopic (exact) mass is 314 g/mol. The van der Waals surface area contributed by atoms with Gasteiger partial charge in [0.15, 0.2) is 9.84 Å². The third kappa shape index (κ3) is 4.04. The lowest BCUT2D eigenvalue weighted by molar-refractivity contribution is -0.117. The van der Waals surface area contributed by atoms with E-state index in [2.05, 4.69) is 10.4 Å². The minimum atomic E-state index is -2.94. The van der Waals surface area contributed by atoms with E-state index in [9.17, 15) is 13.2 Å². The van der Waals surface area contributed by atoms with Crippen molar-refractivity contribution in [2.24, 2.45) is 7.05 Å². The Labute approximate surface area is 125 Å². The maximum Gasteiger partial charge on any atom is 0.238 e. The Bertz CT molecular complexity index is 623. The summed E-state index contributed by atoms with van der Waals surface area (Å²) in [7, 11) is -1.14. The number of nitrogens with one attached hydrogen (secondary N) is 1. The first-order chi connectivity index (χ1) is 9.80. The number of amides is 1. The molecule has 1 aliphatic rings. The first-order valence-corrected chi connectivity index (χ1v) is 8.87. The van der Waals surface area contributed by atoms with Crippen LogP contribution in [0.2, 0.25) is 0 Å². The molecule has 118 valence electrons. The molecule has 1 aromatic rings. The maximum absolute atomic E-state index is 12.1. The van der Waals surface area contributed by atoms with Crippen LogP contribution in [0.15, 0.2) is 6.20 Å². The van der Waals surface area contributed by atoms with E-state index in [1.165, 1.54) is 0 Å². The van der Waals surface area contributed by atoms with Gasteiger partial charge in [-0.1, -0.05) is 6.92 Å². The molecule has 8 heteroatoms. The first kappa shape index (κ1) is 16.0. The van der Waals surface area contributed by atoms with Gasteiger partial charge in [0.2, 0.25) is 5.91 Å². The average Bonchev–Trinajstić information content (AvgIpc) is 2.89. The summed E-state index contributed by atoms with van der Waals surface area (Å²) in [5.41, 5.74) is 1.45. The van der Waals surface area contributed by atoms with Crippen LogP contribution in [-0.4, -0.2) is 59.6 Å². The van der Waals surface area contributed by atoms with Crippen molar-refractivity contribution in [1.29, 1.82) is 0 Å². The molecule has 1 aliphatic heterocycles. The predicted molar refractivity (Wildman–Crippen MR) is 80.9 cm³/mol. The van der Waals surface area contributed by atoms with Crippen LogP contribution in [0.4, 0.5) is 5.69 Å². The molecule has 0 unspecified atom stereocenters. The quantitative estimate of drug-likeness (QED) is 0.838. The molecule has 1 saturated heterocycles. The summed E-state index contributed by atoms with van der Waals surface area (Å²) in [5, 5.41) is 7.00. The van der Waals surface area contributed by atoms with E-state index >= 15 is 0 Å².